The summed E-state index contributed by atoms with van der Waals surface area (Å²) in [6.45, 7) is 1.74. The smallest absolute Gasteiger partial charge is 0.349 e. The summed E-state index contributed by atoms with van der Waals surface area (Å²) in [5, 5.41) is 4.31. The molecule has 5 nitrogen and oxygen atoms in total. The van der Waals surface area contributed by atoms with Gasteiger partial charge in [0.15, 0.2) is 6.61 Å². The molecule has 2 N–H and O–H groups in total. The van der Waals surface area contributed by atoms with Crippen molar-refractivity contribution in [3.63, 3.8) is 0 Å². The summed E-state index contributed by atoms with van der Waals surface area (Å²) in [6.07, 6.45) is 2.60. The monoisotopic (exact) mass is 410 g/mol. The number of benzene rings is 2. The number of amides is 1. The first-order valence-corrected chi connectivity index (χ1v) is 10.0. The molecule has 4 rings (SSSR count). The van der Waals surface area contributed by atoms with Crippen LogP contribution >= 0.6 is 11.3 Å². The molecule has 0 fully saturated rings. The number of carbonyl (C=O) groups is 2. The molecule has 0 spiro atoms. The third-order valence-electron chi connectivity index (χ3n) is 4.81. The van der Waals surface area contributed by atoms with E-state index >= 15 is 0 Å². The van der Waals surface area contributed by atoms with Crippen LogP contribution in [0, 0.1) is 12.7 Å². The maximum atomic E-state index is 14.0. The first-order chi connectivity index (χ1) is 14.0. The van der Waals surface area contributed by atoms with Gasteiger partial charge in [-0.05, 0) is 42.7 Å². The Morgan fingerprint density at radius 2 is 2.00 bits per heavy atom. The number of rotatable bonds is 6. The second kappa shape index (κ2) is 8.05. The molecule has 0 unspecified atom stereocenters. The molecule has 4 aromatic rings. The van der Waals surface area contributed by atoms with E-state index in [1.165, 1.54) is 17.4 Å². The SMILES string of the molecule is Cc1c(C(=O)OCC(=O)NCCc2c[nH]c3ccccc23)sc2cccc(F)c12. The molecule has 0 radical (unpaired) electrons. The van der Waals surface area contributed by atoms with Gasteiger partial charge >= 0.3 is 5.97 Å². The minimum absolute atomic E-state index is 0.316. The lowest BCUT2D eigenvalue weighted by molar-refractivity contribution is -0.124. The van der Waals surface area contributed by atoms with E-state index in [4.69, 9.17) is 4.74 Å². The number of ether oxygens (including phenoxy) is 1. The molecule has 2 aromatic carbocycles. The number of para-hydroxylation sites is 1. The van der Waals surface area contributed by atoms with Gasteiger partial charge in [-0.3, -0.25) is 4.79 Å². The Labute approximate surface area is 170 Å². The van der Waals surface area contributed by atoms with Crippen LogP contribution in [-0.4, -0.2) is 30.0 Å². The van der Waals surface area contributed by atoms with Gasteiger partial charge in [0.05, 0.1) is 0 Å². The van der Waals surface area contributed by atoms with Crippen LogP contribution in [0.2, 0.25) is 0 Å². The number of thiophene rings is 1. The first-order valence-electron chi connectivity index (χ1n) is 9.21. The highest BCUT2D eigenvalue weighted by Crippen LogP contribution is 2.32. The van der Waals surface area contributed by atoms with Crippen LogP contribution in [0.25, 0.3) is 21.0 Å². The Kier molecular flexibility index (Phi) is 5.31. The van der Waals surface area contributed by atoms with E-state index < -0.39 is 5.97 Å². The zero-order valence-corrected chi connectivity index (χ0v) is 16.6. The van der Waals surface area contributed by atoms with Gasteiger partial charge in [-0.15, -0.1) is 11.3 Å². The summed E-state index contributed by atoms with van der Waals surface area (Å²) in [7, 11) is 0. The van der Waals surface area contributed by atoms with Crippen molar-refractivity contribution >= 4 is 44.2 Å². The number of carbonyl (C=O) groups excluding carboxylic acids is 2. The molecule has 148 valence electrons. The Balaban J connectivity index is 1.31. The molecule has 0 saturated carbocycles. The van der Waals surface area contributed by atoms with Crippen molar-refractivity contribution in [2.75, 3.05) is 13.2 Å². The molecule has 2 aromatic heterocycles. The fourth-order valence-corrected chi connectivity index (χ4v) is 4.49. The normalized spacial score (nSPS) is 11.1. The second-order valence-corrected chi connectivity index (χ2v) is 7.76. The van der Waals surface area contributed by atoms with Crippen LogP contribution in [-0.2, 0) is 16.0 Å². The number of hydrogen-bond donors (Lipinski definition) is 2. The number of aromatic amines is 1. The number of aryl methyl sites for hydroxylation is 1. The molecule has 0 atom stereocenters. The predicted molar refractivity (Wildman–Crippen MR) is 112 cm³/mol. The quantitative estimate of drug-likeness (QED) is 0.465. The number of aromatic nitrogens is 1. The topological polar surface area (TPSA) is 71.2 Å². The summed E-state index contributed by atoms with van der Waals surface area (Å²) in [5.41, 5.74) is 2.70. The largest absolute Gasteiger partial charge is 0.451 e. The number of fused-ring (bicyclic) bond motifs is 2. The Bertz CT molecular complexity index is 1210. The van der Waals surface area contributed by atoms with Gasteiger partial charge in [0.25, 0.3) is 5.91 Å². The van der Waals surface area contributed by atoms with E-state index in [9.17, 15) is 14.0 Å². The van der Waals surface area contributed by atoms with Gasteiger partial charge in [0.2, 0.25) is 0 Å². The third kappa shape index (κ3) is 3.86. The lowest BCUT2D eigenvalue weighted by atomic mass is 10.1. The molecule has 0 bridgehead atoms. The zero-order chi connectivity index (χ0) is 20.4. The van der Waals surface area contributed by atoms with Crippen molar-refractivity contribution in [3.05, 3.63) is 70.5 Å². The second-order valence-electron chi connectivity index (χ2n) is 6.70. The third-order valence-corrected chi connectivity index (χ3v) is 6.05. The molecule has 1 amide bonds. The number of H-pyrrole nitrogens is 1. The molecule has 2 heterocycles. The van der Waals surface area contributed by atoms with Crippen molar-refractivity contribution in [2.45, 2.75) is 13.3 Å². The summed E-state index contributed by atoms with van der Waals surface area (Å²) in [5.74, 6) is -1.36. The molecule has 29 heavy (non-hydrogen) atoms. The standard InChI is InChI=1S/C22H19FN2O3S/c1-13-20-16(23)6-4-8-18(20)29-21(13)22(27)28-12-19(26)24-10-9-14-11-25-17-7-3-2-5-15(14)17/h2-8,11,25H,9-10,12H2,1H3,(H,24,26). The summed E-state index contributed by atoms with van der Waals surface area (Å²) in [6, 6.07) is 12.7. The van der Waals surface area contributed by atoms with Crippen molar-refractivity contribution < 1.29 is 18.7 Å². The van der Waals surface area contributed by atoms with Crippen molar-refractivity contribution in [2.24, 2.45) is 0 Å². The summed E-state index contributed by atoms with van der Waals surface area (Å²) >= 11 is 1.17. The minimum Gasteiger partial charge on any atom is -0.451 e. The lowest BCUT2D eigenvalue weighted by Crippen LogP contribution is -2.30. The molecule has 7 heteroatoms. The Morgan fingerprint density at radius 1 is 1.17 bits per heavy atom. The van der Waals surface area contributed by atoms with Crippen molar-refractivity contribution in [3.8, 4) is 0 Å². The number of hydrogen-bond acceptors (Lipinski definition) is 4. The number of halogens is 1. The number of esters is 1. The van der Waals surface area contributed by atoms with E-state index in [1.54, 1.807) is 19.1 Å². The van der Waals surface area contributed by atoms with Crippen LogP contribution in [0.3, 0.4) is 0 Å². The van der Waals surface area contributed by atoms with Gasteiger partial charge < -0.3 is 15.0 Å². The molecular weight excluding hydrogens is 391 g/mol. The predicted octanol–water partition coefficient (Wildman–Crippen LogP) is 4.35. The molecule has 0 aliphatic heterocycles. The van der Waals surface area contributed by atoms with E-state index in [2.05, 4.69) is 10.3 Å². The highest BCUT2D eigenvalue weighted by Gasteiger charge is 2.19. The Morgan fingerprint density at radius 3 is 2.83 bits per heavy atom. The maximum absolute atomic E-state index is 14.0. The van der Waals surface area contributed by atoms with E-state index in [1.807, 2.05) is 30.5 Å². The average Bonchev–Trinajstić information content (AvgIpc) is 3.28. The van der Waals surface area contributed by atoms with Crippen LogP contribution in [0.4, 0.5) is 4.39 Å². The maximum Gasteiger partial charge on any atom is 0.349 e. The Hall–Kier alpha value is -3.19. The molecule has 0 saturated heterocycles. The van der Waals surface area contributed by atoms with Crippen LogP contribution in [0.5, 0.6) is 0 Å². The molecular formula is C22H19FN2O3S. The summed E-state index contributed by atoms with van der Waals surface area (Å²) in [4.78, 5) is 27.9. The zero-order valence-electron chi connectivity index (χ0n) is 15.8. The molecule has 0 aliphatic carbocycles. The van der Waals surface area contributed by atoms with Gasteiger partial charge in [-0.25, -0.2) is 9.18 Å². The minimum atomic E-state index is -0.616. The van der Waals surface area contributed by atoms with Crippen molar-refractivity contribution in [1.29, 1.82) is 0 Å². The first kappa shape index (κ1) is 19.1. The lowest BCUT2D eigenvalue weighted by Gasteiger charge is -2.06. The highest BCUT2D eigenvalue weighted by molar-refractivity contribution is 7.21. The van der Waals surface area contributed by atoms with Gasteiger partial charge in [0, 0.05) is 33.7 Å². The highest BCUT2D eigenvalue weighted by atomic mass is 32.1. The number of nitrogens with one attached hydrogen (secondary N) is 2. The van der Waals surface area contributed by atoms with Gasteiger partial charge in [0.1, 0.15) is 10.7 Å². The van der Waals surface area contributed by atoms with Crippen LogP contribution in [0.1, 0.15) is 20.8 Å². The van der Waals surface area contributed by atoms with Crippen LogP contribution in [0.15, 0.2) is 48.7 Å². The van der Waals surface area contributed by atoms with Crippen LogP contribution < -0.4 is 5.32 Å². The van der Waals surface area contributed by atoms with E-state index in [0.717, 1.165) is 16.5 Å². The fourth-order valence-electron chi connectivity index (χ4n) is 3.37. The average molecular weight is 410 g/mol. The van der Waals surface area contributed by atoms with Gasteiger partial charge in [-0.1, -0.05) is 24.3 Å². The van der Waals surface area contributed by atoms with E-state index in [-0.39, 0.29) is 18.3 Å². The fraction of sp³-hybridized carbons (Fsp3) is 0.182. The summed E-state index contributed by atoms with van der Waals surface area (Å²) < 4.78 is 19.8. The van der Waals surface area contributed by atoms with E-state index in [0.29, 0.717) is 33.5 Å². The van der Waals surface area contributed by atoms with Crippen molar-refractivity contribution in [1.82, 2.24) is 10.3 Å². The molecule has 0 aliphatic rings. The van der Waals surface area contributed by atoms with Gasteiger partial charge in [-0.2, -0.15) is 0 Å².